The third-order valence-corrected chi connectivity index (χ3v) is 4.38. The van der Waals surface area contributed by atoms with Crippen LogP contribution in [0, 0.1) is 5.92 Å². The van der Waals surface area contributed by atoms with Gasteiger partial charge in [-0.05, 0) is 25.2 Å². The topological polar surface area (TPSA) is 26.0 Å². The number of thioether (sulfide) groups is 1. The predicted octanol–water partition coefficient (Wildman–Crippen LogP) is 2.65. The maximum Gasteiger partial charge on any atom is 0.0159 e. The molecule has 0 spiro atoms. The molecule has 1 nitrogen and oxygen atoms in total. The van der Waals surface area contributed by atoms with E-state index in [0.29, 0.717) is 6.04 Å². The second-order valence-corrected chi connectivity index (χ2v) is 5.38. The van der Waals surface area contributed by atoms with Crippen molar-refractivity contribution in [2.24, 2.45) is 11.7 Å². The molecule has 12 heavy (non-hydrogen) atoms. The van der Waals surface area contributed by atoms with Gasteiger partial charge in [-0.2, -0.15) is 11.8 Å². The van der Waals surface area contributed by atoms with Crippen LogP contribution in [0.5, 0.6) is 0 Å². The first kappa shape index (κ1) is 10.4. The summed E-state index contributed by atoms with van der Waals surface area (Å²) in [6.45, 7) is 4.53. The van der Waals surface area contributed by atoms with Crippen molar-refractivity contribution in [3.05, 3.63) is 0 Å². The van der Waals surface area contributed by atoms with Crippen LogP contribution in [0.15, 0.2) is 0 Å². The Morgan fingerprint density at radius 3 is 2.58 bits per heavy atom. The van der Waals surface area contributed by atoms with Gasteiger partial charge in [0.15, 0.2) is 0 Å². The zero-order chi connectivity index (χ0) is 8.97. The molecule has 1 aliphatic carbocycles. The summed E-state index contributed by atoms with van der Waals surface area (Å²) in [5, 5.41) is 0.788. The number of rotatable bonds is 5. The Labute approximate surface area is 80.5 Å². The Bertz CT molecular complexity index is 123. The number of hydrogen-bond acceptors (Lipinski definition) is 2. The number of hydrogen-bond donors (Lipinski definition) is 1. The molecule has 0 aromatic rings. The lowest BCUT2D eigenvalue weighted by molar-refractivity contribution is 0.276. The minimum absolute atomic E-state index is 0.470. The van der Waals surface area contributed by atoms with Crippen LogP contribution in [0.3, 0.4) is 0 Å². The zero-order valence-electron chi connectivity index (χ0n) is 8.25. The molecule has 0 amide bonds. The summed E-state index contributed by atoms with van der Waals surface area (Å²) in [5.74, 6) is 2.02. The summed E-state index contributed by atoms with van der Waals surface area (Å²) in [6.07, 6.45) is 5.43. The molecule has 0 bridgehead atoms. The van der Waals surface area contributed by atoms with Crippen molar-refractivity contribution in [1.82, 2.24) is 0 Å². The van der Waals surface area contributed by atoms with E-state index in [-0.39, 0.29) is 0 Å². The van der Waals surface area contributed by atoms with Gasteiger partial charge in [0.25, 0.3) is 0 Å². The van der Waals surface area contributed by atoms with E-state index >= 15 is 0 Å². The van der Waals surface area contributed by atoms with Gasteiger partial charge < -0.3 is 5.73 Å². The quantitative estimate of drug-likeness (QED) is 0.716. The van der Waals surface area contributed by atoms with E-state index in [4.69, 9.17) is 5.73 Å². The van der Waals surface area contributed by atoms with E-state index in [0.717, 1.165) is 11.2 Å². The van der Waals surface area contributed by atoms with Crippen LogP contribution in [-0.4, -0.2) is 17.0 Å². The molecule has 0 radical (unpaired) electrons. The SMILES string of the molecule is CCC(C)SCC(N)C1CCC1. The average Bonchev–Trinajstić information content (AvgIpc) is 1.97. The Morgan fingerprint density at radius 1 is 1.50 bits per heavy atom. The first-order valence-corrected chi connectivity index (χ1v) is 6.16. The van der Waals surface area contributed by atoms with Gasteiger partial charge >= 0.3 is 0 Å². The molecule has 2 heteroatoms. The molecule has 1 saturated carbocycles. The lowest BCUT2D eigenvalue weighted by atomic mass is 9.81. The van der Waals surface area contributed by atoms with Crippen molar-refractivity contribution in [3.8, 4) is 0 Å². The molecule has 0 aromatic heterocycles. The standard InChI is InChI=1S/C10H21NS/c1-3-8(2)12-7-10(11)9-5-4-6-9/h8-10H,3-7,11H2,1-2H3. The highest BCUT2D eigenvalue weighted by molar-refractivity contribution is 7.99. The van der Waals surface area contributed by atoms with Gasteiger partial charge in [0.1, 0.15) is 0 Å². The van der Waals surface area contributed by atoms with Crippen LogP contribution in [0.1, 0.15) is 39.5 Å². The van der Waals surface area contributed by atoms with Crippen LogP contribution in [0.25, 0.3) is 0 Å². The Hall–Kier alpha value is 0.310. The lowest BCUT2D eigenvalue weighted by Gasteiger charge is -2.31. The van der Waals surface area contributed by atoms with Crippen molar-refractivity contribution in [1.29, 1.82) is 0 Å². The van der Waals surface area contributed by atoms with Crippen LogP contribution >= 0.6 is 11.8 Å². The van der Waals surface area contributed by atoms with E-state index in [2.05, 4.69) is 13.8 Å². The average molecular weight is 187 g/mol. The Kier molecular flexibility index (Phi) is 4.44. The number of nitrogens with two attached hydrogens (primary N) is 1. The monoisotopic (exact) mass is 187 g/mol. The lowest BCUT2D eigenvalue weighted by Crippen LogP contribution is -2.36. The molecular weight excluding hydrogens is 166 g/mol. The summed E-state index contributed by atoms with van der Waals surface area (Å²) in [5.41, 5.74) is 6.06. The third kappa shape index (κ3) is 2.98. The summed E-state index contributed by atoms with van der Waals surface area (Å²) < 4.78 is 0. The van der Waals surface area contributed by atoms with Crippen molar-refractivity contribution >= 4 is 11.8 Å². The van der Waals surface area contributed by atoms with Gasteiger partial charge in [0.05, 0.1) is 0 Å². The van der Waals surface area contributed by atoms with Crippen molar-refractivity contribution in [2.75, 3.05) is 5.75 Å². The van der Waals surface area contributed by atoms with Crippen molar-refractivity contribution in [2.45, 2.75) is 50.8 Å². The Morgan fingerprint density at radius 2 is 2.17 bits per heavy atom. The molecule has 1 rings (SSSR count). The first-order chi connectivity index (χ1) is 5.74. The van der Waals surface area contributed by atoms with E-state index in [1.807, 2.05) is 11.8 Å². The van der Waals surface area contributed by atoms with Gasteiger partial charge in [-0.1, -0.05) is 20.3 Å². The zero-order valence-corrected chi connectivity index (χ0v) is 9.07. The third-order valence-electron chi connectivity index (χ3n) is 2.90. The second-order valence-electron chi connectivity index (χ2n) is 3.91. The maximum absolute atomic E-state index is 6.06. The highest BCUT2D eigenvalue weighted by atomic mass is 32.2. The van der Waals surface area contributed by atoms with Crippen LogP contribution in [0.2, 0.25) is 0 Å². The summed E-state index contributed by atoms with van der Waals surface area (Å²) >= 11 is 2.04. The molecule has 0 heterocycles. The molecule has 1 fully saturated rings. The molecule has 2 N–H and O–H groups in total. The highest BCUT2D eigenvalue weighted by Crippen LogP contribution is 2.30. The van der Waals surface area contributed by atoms with Gasteiger partial charge in [-0.3, -0.25) is 0 Å². The first-order valence-electron chi connectivity index (χ1n) is 5.11. The minimum atomic E-state index is 0.470. The van der Waals surface area contributed by atoms with Crippen molar-refractivity contribution < 1.29 is 0 Å². The molecule has 0 aliphatic heterocycles. The van der Waals surface area contributed by atoms with E-state index in [1.54, 1.807) is 0 Å². The van der Waals surface area contributed by atoms with Gasteiger partial charge in [-0.25, -0.2) is 0 Å². The molecule has 1 aliphatic rings. The smallest absolute Gasteiger partial charge is 0.0159 e. The molecule has 2 unspecified atom stereocenters. The highest BCUT2D eigenvalue weighted by Gasteiger charge is 2.24. The van der Waals surface area contributed by atoms with Gasteiger partial charge in [0.2, 0.25) is 0 Å². The van der Waals surface area contributed by atoms with Gasteiger partial charge in [0, 0.05) is 17.0 Å². The van der Waals surface area contributed by atoms with Crippen LogP contribution in [0.4, 0.5) is 0 Å². The van der Waals surface area contributed by atoms with E-state index < -0.39 is 0 Å². The van der Waals surface area contributed by atoms with Crippen LogP contribution < -0.4 is 5.73 Å². The summed E-state index contributed by atoms with van der Waals surface area (Å²) in [4.78, 5) is 0. The maximum atomic E-state index is 6.06. The van der Waals surface area contributed by atoms with E-state index in [9.17, 15) is 0 Å². The molecule has 0 aromatic carbocycles. The molecule has 2 atom stereocenters. The summed E-state index contributed by atoms with van der Waals surface area (Å²) in [6, 6.07) is 0.470. The molecule has 0 saturated heterocycles. The Balaban J connectivity index is 2.05. The molecular formula is C10H21NS. The van der Waals surface area contributed by atoms with Crippen LogP contribution in [-0.2, 0) is 0 Å². The second kappa shape index (κ2) is 5.13. The molecule has 72 valence electrons. The fraction of sp³-hybridized carbons (Fsp3) is 1.00. The summed E-state index contributed by atoms with van der Waals surface area (Å²) in [7, 11) is 0. The fourth-order valence-corrected chi connectivity index (χ4v) is 2.46. The minimum Gasteiger partial charge on any atom is -0.327 e. The largest absolute Gasteiger partial charge is 0.327 e. The predicted molar refractivity (Wildman–Crippen MR) is 57.5 cm³/mol. The van der Waals surface area contributed by atoms with E-state index in [1.165, 1.54) is 31.4 Å². The van der Waals surface area contributed by atoms with Gasteiger partial charge in [-0.15, -0.1) is 0 Å². The fourth-order valence-electron chi connectivity index (χ4n) is 1.40. The van der Waals surface area contributed by atoms with Crippen molar-refractivity contribution in [3.63, 3.8) is 0 Å². The normalized spacial score (nSPS) is 23.2.